The van der Waals surface area contributed by atoms with E-state index in [9.17, 15) is 14.4 Å². The fourth-order valence-corrected chi connectivity index (χ4v) is 2.89. The summed E-state index contributed by atoms with van der Waals surface area (Å²) in [7, 11) is 0. The number of amides is 2. The summed E-state index contributed by atoms with van der Waals surface area (Å²) >= 11 is 0. The maximum Gasteiger partial charge on any atom is 0.270 e. The Labute approximate surface area is 163 Å². The molecule has 8 nitrogen and oxygen atoms in total. The molecule has 1 heterocycles. The van der Waals surface area contributed by atoms with E-state index in [1.807, 2.05) is 19.9 Å². The van der Waals surface area contributed by atoms with Gasteiger partial charge in [-0.1, -0.05) is 26.0 Å². The van der Waals surface area contributed by atoms with Gasteiger partial charge in [0.1, 0.15) is 0 Å². The second kappa shape index (κ2) is 9.55. The fraction of sp³-hybridized carbons (Fsp3) is 0.400. The molecule has 0 aliphatic heterocycles. The van der Waals surface area contributed by atoms with E-state index in [2.05, 4.69) is 10.4 Å². The zero-order chi connectivity index (χ0) is 20.7. The first kappa shape index (κ1) is 21.0. The van der Waals surface area contributed by atoms with Crippen LogP contribution in [0.4, 0.5) is 0 Å². The first-order valence-electron chi connectivity index (χ1n) is 9.17. The highest BCUT2D eigenvalue weighted by Gasteiger charge is 2.17. The molecule has 0 saturated carbocycles. The number of nitrogens with zero attached hydrogens (tertiary/aromatic N) is 2. The molecule has 28 heavy (non-hydrogen) atoms. The van der Waals surface area contributed by atoms with Crippen LogP contribution in [-0.2, 0) is 17.8 Å². The molecule has 0 radical (unpaired) electrons. The van der Waals surface area contributed by atoms with Crippen molar-refractivity contribution in [2.75, 3.05) is 6.54 Å². The average Bonchev–Trinajstić information content (AvgIpc) is 2.96. The topological polar surface area (TPSA) is 134 Å². The zero-order valence-corrected chi connectivity index (χ0v) is 16.1. The molecule has 0 aliphatic carbocycles. The van der Waals surface area contributed by atoms with Crippen molar-refractivity contribution in [3.63, 3.8) is 0 Å². The van der Waals surface area contributed by atoms with E-state index in [4.69, 9.17) is 11.0 Å². The molecule has 2 rings (SSSR count). The van der Waals surface area contributed by atoms with Crippen LogP contribution in [0.15, 0.2) is 29.1 Å². The maximum atomic E-state index is 12.7. The Morgan fingerprint density at radius 3 is 2.54 bits per heavy atom. The number of carbonyl (C=O) groups is 2. The highest BCUT2D eigenvalue weighted by Crippen LogP contribution is 2.18. The van der Waals surface area contributed by atoms with Crippen molar-refractivity contribution in [3.05, 3.63) is 57.0 Å². The van der Waals surface area contributed by atoms with Gasteiger partial charge in [0.15, 0.2) is 0 Å². The molecule has 1 aromatic heterocycles. The van der Waals surface area contributed by atoms with Gasteiger partial charge < -0.3 is 11.1 Å². The van der Waals surface area contributed by atoms with Gasteiger partial charge in [-0.15, -0.1) is 0 Å². The molecule has 0 spiro atoms. The van der Waals surface area contributed by atoms with Crippen LogP contribution in [0.25, 0.3) is 0 Å². The van der Waals surface area contributed by atoms with E-state index in [1.165, 1.54) is 4.68 Å². The van der Waals surface area contributed by atoms with Gasteiger partial charge in [-0.25, -0.2) is 0 Å². The third kappa shape index (κ3) is 5.33. The normalized spacial score (nSPS) is 10.6. The standard InChI is InChI=1S/C20H25N5O3/c1-13(2)18-16(20(28)25(24-18)11-3-9-21)12-14-4-6-15(7-5-14)19(27)23-10-8-17(22)26/h4-7,13,24H,3,8,10-12H2,1-2H3,(H2,22,26)(H,23,27). The van der Waals surface area contributed by atoms with Crippen molar-refractivity contribution >= 4 is 11.8 Å². The van der Waals surface area contributed by atoms with Gasteiger partial charge in [0.2, 0.25) is 5.91 Å². The fourth-order valence-electron chi connectivity index (χ4n) is 2.89. The predicted octanol–water partition coefficient (Wildman–Crippen LogP) is 1.41. The molecule has 8 heteroatoms. The summed E-state index contributed by atoms with van der Waals surface area (Å²) in [5.41, 5.74) is 7.83. The Balaban J connectivity index is 2.14. The van der Waals surface area contributed by atoms with Gasteiger partial charge in [-0.2, -0.15) is 5.26 Å². The first-order chi connectivity index (χ1) is 13.3. The van der Waals surface area contributed by atoms with Gasteiger partial charge in [-0.05, 0) is 23.6 Å². The lowest BCUT2D eigenvalue weighted by molar-refractivity contribution is -0.117. The number of nitrogens with two attached hydrogens (primary N) is 1. The molecule has 0 fully saturated rings. The van der Waals surface area contributed by atoms with Crippen LogP contribution in [-0.4, -0.2) is 28.1 Å². The molecule has 1 aromatic carbocycles. The molecule has 0 atom stereocenters. The van der Waals surface area contributed by atoms with E-state index in [1.54, 1.807) is 24.3 Å². The second-order valence-electron chi connectivity index (χ2n) is 6.87. The molecule has 0 unspecified atom stereocenters. The number of H-pyrrole nitrogens is 1. The predicted molar refractivity (Wildman–Crippen MR) is 105 cm³/mol. The van der Waals surface area contributed by atoms with Crippen molar-refractivity contribution in [1.29, 1.82) is 5.26 Å². The number of benzene rings is 1. The van der Waals surface area contributed by atoms with E-state index in [0.717, 1.165) is 11.3 Å². The Morgan fingerprint density at radius 1 is 1.29 bits per heavy atom. The van der Waals surface area contributed by atoms with Gasteiger partial charge in [0, 0.05) is 36.2 Å². The Bertz CT molecular complexity index is 932. The molecule has 148 valence electrons. The van der Waals surface area contributed by atoms with E-state index >= 15 is 0 Å². The summed E-state index contributed by atoms with van der Waals surface area (Å²) in [6.07, 6.45) is 0.788. The maximum absolute atomic E-state index is 12.7. The lowest BCUT2D eigenvalue weighted by Gasteiger charge is -2.07. The minimum Gasteiger partial charge on any atom is -0.370 e. The number of aromatic amines is 1. The zero-order valence-electron chi connectivity index (χ0n) is 16.1. The van der Waals surface area contributed by atoms with Crippen LogP contribution < -0.4 is 16.6 Å². The smallest absolute Gasteiger partial charge is 0.270 e. The third-order valence-corrected chi connectivity index (χ3v) is 4.36. The number of hydrogen-bond acceptors (Lipinski definition) is 4. The third-order valence-electron chi connectivity index (χ3n) is 4.36. The van der Waals surface area contributed by atoms with Crippen molar-refractivity contribution in [2.24, 2.45) is 5.73 Å². The number of nitrogens with one attached hydrogen (secondary N) is 2. The van der Waals surface area contributed by atoms with Crippen LogP contribution >= 0.6 is 0 Å². The molecular weight excluding hydrogens is 358 g/mol. The van der Waals surface area contributed by atoms with E-state index in [0.29, 0.717) is 24.1 Å². The minimum absolute atomic E-state index is 0.0906. The van der Waals surface area contributed by atoms with E-state index < -0.39 is 5.91 Å². The van der Waals surface area contributed by atoms with Crippen LogP contribution in [0.1, 0.15) is 59.8 Å². The summed E-state index contributed by atoms with van der Waals surface area (Å²) in [6, 6.07) is 9.03. The number of nitriles is 1. The summed E-state index contributed by atoms with van der Waals surface area (Å²) in [6.45, 7) is 4.53. The number of hydrogen-bond donors (Lipinski definition) is 3. The van der Waals surface area contributed by atoms with Gasteiger partial charge >= 0.3 is 0 Å². The lowest BCUT2D eigenvalue weighted by Crippen LogP contribution is -2.27. The van der Waals surface area contributed by atoms with Gasteiger partial charge in [-0.3, -0.25) is 24.2 Å². The van der Waals surface area contributed by atoms with Crippen molar-refractivity contribution in [2.45, 2.75) is 45.6 Å². The van der Waals surface area contributed by atoms with Crippen molar-refractivity contribution < 1.29 is 9.59 Å². The number of rotatable bonds is 9. The molecule has 0 bridgehead atoms. The van der Waals surface area contributed by atoms with Gasteiger partial charge in [0.05, 0.1) is 19.0 Å². The van der Waals surface area contributed by atoms with Crippen LogP contribution in [0.3, 0.4) is 0 Å². The largest absolute Gasteiger partial charge is 0.370 e. The van der Waals surface area contributed by atoms with Gasteiger partial charge in [0.25, 0.3) is 11.5 Å². The highest BCUT2D eigenvalue weighted by atomic mass is 16.2. The molecule has 0 aliphatic rings. The van der Waals surface area contributed by atoms with Crippen LogP contribution in [0.5, 0.6) is 0 Å². The number of aryl methyl sites for hydroxylation is 1. The highest BCUT2D eigenvalue weighted by molar-refractivity contribution is 5.94. The molecule has 4 N–H and O–H groups in total. The quantitative estimate of drug-likeness (QED) is 0.603. The number of carbonyl (C=O) groups excluding carboxylic acids is 2. The number of primary amides is 1. The second-order valence-corrected chi connectivity index (χ2v) is 6.87. The first-order valence-corrected chi connectivity index (χ1v) is 9.17. The molecule has 2 aromatic rings. The Morgan fingerprint density at radius 2 is 1.96 bits per heavy atom. The van der Waals surface area contributed by atoms with Crippen LogP contribution in [0, 0.1) is 11.3 Å². The summed E-state index contributed by atoms with van der Waals surface area (Å²) in [5, 5.41) is 14.5. The van der Waals surface area contributed by atoms with Crippen LogP contribution in [0.2, 0.25) is 0 Å². The average molecular weight is 383 g/mol. The molecule has 0 saturated heterocycles. The monoisotopic (exact) mass is 383 g/mol. The molecular formula is C20H25N5O3. The SMILES string of the molecule is CC(C)c1[nH]n(CCC#N)c(=O)c1Cc1ccc(C(=O)NCCC(N)=O)cc1. The minimum atomic E-state index is -0.469. The number of aromatic nitrogens is 2. The van der Waals surface area contributed by atoms with Crippen molar-refractivity contribution in [3.8, 4) is 6.07 Å². The Hall–Kier alpha value is -3.34. The Kier molecular flexibility index (Phi) is 7.15. The summed E-state index contributed by atoms with van der Waals surface area (Å²) in [4.78, 5) is 35.4. The van der Waals surface area contributed by atoms with Crippen molar-refractivity contribution in [1.82, 2.24) is 15.1 Å². The summed E-state index contributed by atoms with van der Waals surface area (Å²) in [5.74, 6) is -0.610. The summed E-state index contributed by atoms with van der Waals surface area (Å²) < 4.78 is 1.48. The van der Waals surface area contributed by atoms with E-state index in [-0.39, 0.29) is 36.8 Å². The lowest BCUT2D eigenvalue weighted by atomic mass is 9.99. The molecule has 2 amide bonds.